The van der Waals surface area contributed by atoms with Crippen molar-refractivity contribution in [2.45, 2.75) is 31.7 Å². The van der Waals surface area contributed by atoms with Crippen LogP contribution in [0.2, 0.25) is 0 Å². The van der Waals surface area contributed by atoms with Crippen molar-refractivity contribution in [3.63, 3.8) is 0 Å². The van der Waals surface area contributed by atoms with Crippen molar-refractivity contribution in [1.29, 1.82) is 0 Å². The monoisotopic (exact) mass is 627 g/mol. The van der Waals surface area contributed by atoms with Crippen LogP contribution >= 0.6 is 0 Å². The van der Waals surface area contributed by atoms with E-state index >= 15 is 0 Å². The van der Waals surface area contributed by atoms with Crippen LogP contribution in [-0.4, -0.2) is 58.8 Å². The van der Waals surface area contributed by atoms with Crippen molar-refractivity contribution in [2.24, 2.45) is 14.1 Å². The largest absolute Gasteiger partial charge is 0.416 e. The van der Waals surface area contributed by atoms with Crippen molar-refractivity contribution < 1.29 is 22.8 Å². The molecule has 5 aromatic rings. The Morgan fingerprint density at radius 1 is 1.00 bits per heavy atom. The van der Waals surface area contributed by atoms with Gasteiger partial charge in [0.1, 0.15) is 24.0 Å². The van der Waals surface area contributed by atoms with Crippen molar-refractivity contribution in [1.82, 2.24) is 34.4 Å². The van der Waals surface area contributed by atoms with E-state index in [0.717, 1.165) is 11.6 Å². The topological polar surface area (TPSA) is 114 Å². The fourth-order valence-electron chi connectivity index (χ4n) is 6.13. The van der Waals surface area contributed by atoms with Crippen LogP contribution in [0.15, 0.2) is 73.2 Å². The minimum absolute atomic E-state index is 0.0284. The normalized spacial score (nSPS) is 16.4. The van der Waals surface area contributed by atoms with E-state index in [1.54, 1.807) is 52.9 Å². The minimum atomic E-state index is -4.63. The summed E-state index contributed by atoms with van der Waals surface area (Å²) in [5, 5.41) is 15.9. The Morgan fingerprint density at radius 2 is 1.80 bits per heavy atom. The first kappa shape index (κ1) is 29.2. The summed E-state index contributed by atoms with van der Waals surface area (Å²) < 4.78 is 45.0. The number of aryl methyl sites for hydroxylation is 2. The van der Waals surface area contributed by atoms with Crippen LogP contribution in [0, 0.1) is 0 Å². The molecule has 46 heavy (non-hydrogen) atoms. The fourth-order valence-corrected chi connectivity index (χ4v) is 6.13. The van der Waals surface area contributed by atoms with E-state index in [1.807, 2.05) is 30.3 Å². The fraction of sp³-hybridized carbons (Fsp3) is 0.250. The minimum Gasteiger partial charge on any atom is -0.358 e. The number of carbonyl (C=O) groups excluding carboxylic acids is 2. The molecule has 0 spiro atoms. The van der Waals surface area contributed by atoms with Gasteiger partial charge in [-0.3, -0.25) is 19.2 Å². The summed E-state index contributed by atoms with van der Waals surface area (Å²) in [6.07, 6.45) is -0.910. The Kier molecular flexibility index (Phi) is 7.06. The van der Waals surface area contributed by atoms with Crippen LogP contribution in [0.25, 0.3) is 22.6 Å². The van der Waals surface area contributed by atoms with Crippen molar-refractivity contribution in [3.8, 4) is 22.6 Å². The smallest absolute Gasteiger partial charge is 0.358 e. The Bertz CT molecular complexity index is 1970. The Hall–Kier alpha value is -5.53. The molecule has 0 radical (unpaired) electrons. The molecule has 2 amide bonds. The van der Waals surface area contributed by atoms with E-state index in [9.17, 15) is 22.8 Å². The molecule has 234 valence electrons. The predicted octanol–water partition coefficient (Wildman–Crippen LogP) is 4.67. The number of amides is 2. The molecule has 2 aliphatic heterocycles. The van der Waals surface area contributed by atoms with Gasteiger partial charge in [0.15, 0.2) is 5.82 Å². The third-order valence-corrected chi connectivity index (χ3v) is 8.36. The van der Waals surface area contributed by atoms with Crippen LogP contribution in [0.1, 0.15) is 33.5 Å². The number of carbonyl (C=O) groups is 2. The van der Waals surface area contributed by atoms with Crippen molar-refractivity contribution in [3.05, 3.63) is 95.4 Å². The second kappa shape index (κ2) is 11.1. The highest BCUT2D eigenvalue weighted by Crippen LogP contribution is 2.40. The quantitative estimate of drug-likeness (QED) is 0.279. The van der Waals surface area contributed by atoms with E-state index in [1.165, 1.54) is 17.0 Å². The maximum Gasteiger partial charge on any atom is 0.416 e. The Balaban J connectivity index is 1.28. The molecule has 3 aromatic heterocycles. The SMILES string of the molecule is Cn1cnnc1-c1cnn(C)c1-c1cc(NC2CCN(Cc3ccccc3)C2=O)nc(N2Cc3c(cccc3C(F)(F)F)C2=O)c1. The van der Waals surface area contributed by atoms with Gasteiger partial charge in [-0.15, -0.1) is 10.2 Å². The zero-order valence-corrected chi connectivity index (χ0v) is 24.9. The summed E-state index contributed by atoms with van der Waals surface area (Å²) in [6.45, 7) is 0.694. The maximum absolute atomic E-state index is 13.9. The van der Waals surface area contributed by atoms with E-state index in [-0.39, 0.29) is 35.2 Å². The van der Waals surface area contributed by atoms with Crippen LogP contribution in [-0.2, 0) is 38.2 Å². The molecule has 1 fully saturated rings. The number of hydrogen-bond donors (Lipinski definition) is 1. The number of benzene rings is 2. The molecule has 14 heteroatoms. The number of likely N-dealkylation sites (tertiary alicyclic amines) is 1. The molecule has 0 saturated carbocycles. The lowest BCUT2D eigenvalue weighted by Gasteiger charge is -2.21. The highest BCUT2D eigenvalue weighted by atomic mass is 19.4. The number of rotatable bonds is 7. The summed E-state index contributed by atoms with van der Waals surface area (Å²) >= 11 is 0. The molecule has 1 unspecified atom stereocenters. The Morgan fingerprint density at radius 3 is 2.54 bits per heavy atom. The number of pyridine rings is 1. The molecule has 0 bridgehead atoms. The summed E-state index contributed by atoms with van der Waals surface area (Å²) in [5.74, 6) is 0.264. The van der Waals surface area contributed by atoms with E-state index < -0.39 is 23.7 Å². The van der Waals surface area contributed by atoms with Crippen LogP contribution in [0.4, 0.5) is 24.8 Å². The van der Waals surface area contributed by atoms with Gasteiger partial charge < -0.3 is 14.8 Å². The Labute approximate surface area is 261 Å². The van der Waals surface area contributed by atoms with Gasteiger partial charge in [0.2, 0.25) is 5.91 Å². The molecule has 1 N–H and O–H groups in total. The first-order valence-electron chi connectivity index (χ1n) is 14.6. The van der Waals surface area contributed by atoms with Gasteiger partial charge in [-0.25, -0.2) is 4.98 Å². The maximum atomic E-state index is 13.9. The van der Waals surface area contributed by atoms with Gasteiger partial charge in [-0.2, -0.15) is 18.3 Å². The number of anilines is 2. The third-order valence-electron chi connectivity index (χ3n) is 8.36. The standard InChI is InChI=1S/C32H28F3N9O2/c1-41-18-36-40-29(41)22-15-37-42(2)28(22)20-13-26(38-25-11-12-43(31(25)46)16-19-7-4-3-5-8-19)39-27(14-20)44-17-23-21(30(44)45)9-6-10-24(23)32(33,34)35/h3-10,13-15,18,25H,11-12,16-17H2,1-2H3,(H,38,39). The molecular weight excluding hydrogens is 599 g/mol. The van der Waals surface area contributed by atoms with Crippen LogP contribution in [0.3, 0.4) is 0 Å². The van der Waals surface area contributed by atoms with Crippen molar-refractivity contribution >= 4 is 23.5 Å². The van der Waals surface area contributed by atoms with E-state index in [4.69, 9.17) is 0 Å². The summed E-state index contributed by atoms with van der Waals surface area (Å²) in [7, 11) is 3.54. The van der Waals surface area contributed by atoms with Gasteiger partial charge in [-0.05, 0) is 41.8 Å². The van der Waals surface area contributed by atoms with E-state index in [0.29, 0.717) is 42.2 Å². The summed E-state index contributed by atoms with van der Waals surface area (Å²) in [6, 6.07) is 16.1. The number of nitrogens with zero attached hydrogens (tertiary/aromatic N) is 8. The van der Waals surface area contributed by atoms with Gasteiger partial charge in [0, 0.05) is 38.3 Å². The number of fused-ring (bicyclic) bond motifs is 1. The lowest BCUT2D eigenvalue weighted by molar-refractivity contribution is -0.138. The second-order valence-corrected chi connectivity index (χ2v) is 11.3. The molecule has 0 aliphatic carbocycles. The lowest BCUT2D eigenvalue weighted by atomic mass is 10.0. The first-order valence-corrected chi connectivity index (χ1v) is 14.6. The predicted molar refractivity (Wildman–Crippen MR) is 162 cm³/mol. The first-order chi connectivity index (χ1) is 22.1. The number of nitrogens with one attached hydrogen (secondary N) is 1. The number of halogens is 3. The zero-order chi connectivity index (χ0) is 32.2. The molecule has 1 atom stereocenters. The highest BCUT2D eigenvalue weighted by molar-refractivity contribution is 6.10. The van der Waals surface area contributed by atoms with Crippen LogP contribution < -0.4 is 10.2 Å². The van der Waals surface area contributed by atoms with E-state index in [2.05, 4.69) is 25.6 Å². The zero-order valence-electron chi connectivity index (χ0n) is 24.9. The number of hydrogen-bond acceptors (Lipinski definition) is 7. The second-order valence-electron chi connectivity index (χ2n) is 11.3. The van der Waals surface area contributed by atoms with Gasteiger partial charge in [0.25, 0.3) is 5.91 Å². The molecular formula is C32H28F3N9O2. The van der Waals surface area contributed by atoms with Gasteiger partial charge >= 0.3 is 6.18 Å². The molecule has 5 heterocycles. The molecule has 2 aromatic carbocycles. The van der Waals surface area contributed by atoms with Crippen LogP contribution in [0.5, 0.6) is 0 Å². The van der Waals surface area contributed by atoms with Gasteiger partial charge in [0.05, 0.1) is 29.6 Å². The molecule has 2 aliphatic rings. The average Bonchev–Trinajstić information content (AvgIpc) is 3.80. The highest BCUT2D eigenvalue weighted by Gasteiger charge is 2.40. The number of alkyl halides is 3. The summed E-state index contributed by atoms with van der Waals surface area (Å²) in [4.78, 5) is 34.7. The average molecular weight is 628 g/mol. The number of aromatic nitrogens is 6. The molecule has 7 rings (SSSR count). The van der Waals surface area contributed by atoms with Gasteiger partial charge in [-0.1, -0.05) is 36.4 Å². The van der Waals surface area contributed by atoms with Crippen molar-refractivity contribution in [2.75, 3.05) is 16.8 Å². The third kappa shape index (κ3) is 5.14. The molecule has 1 saturated heterocycles. The summed E-state index contributed by atoms with van der Waals surface area (Å²) in [5.41, 5.74) is 1.84. The molecule has 11 nitrogen and oxygen atoms in total. The lowest BCUT2D eigenvalue weighted by Crippen LogP contribution is -2.33.